The average Bonchev–Trinajstić information content (AvgIpc) is 1.66. The van der Waals surface area contributed by atoms with Gasteiger partial charge in [-0.15, -0.1) is 34.0 Å². The van der Waals surface area contributed by atoms with Crippen LogP contribution in [0.3, 0.4) is 0 Å². The van der Waals surface area contributed by atoms with Crippen molar-refractivity contribution in [3.63, 3.8) is 0 Å². The van der Waals surface area contributed by atoms with Crippen molar-refractivity contribution in [2.75, 3.05) is 66.9 Å². The van der Waals surface area contributed by atoms with E-state index in [9.17, 15) is 36.7 Å². The van der Waals surface area contributed by atoms with Gasteiger partial charge in [-0.05, 0) is 161 Å². The third kappa shape index (κ3) is 20.4. The van der Waals surface area contributed by atoms with Crippen LogP contribution in [0.25, 0.3) is 45.0 Å². The molecule has 8 aromatic heterocycles. The quantitative estimate of drug-likeness (QED) is 0.0694. The summed E-state index contributed by atoms with van der Waals surface area (Å²) in [5.41, 5.74) is 21.3. The van der Waals surface area contributed by atoms with Gasteiger partial charge in [0.1, 0.15) is 55.2 Å². The van der Waals surface area contributed by atoms with E-state index < -0.39 is 0 Å². The molecule has 0 aliphatic carbocycles. The first-order chi connectivity index (χ1) is 56.3. The minimum absolute atomic E-state index is 0.000384. The summed E-state index contributed by atoms with van der Waals surface area (Å²) in [5, 5.41) is 21.1. The number of nitrogens with two attached hydrogens (primary N) is 1. The third-order valence-electron chi connectivity index (χ3n) is 20.5. The Kier molecular flexibility index (Phi) is 27.0. The molecule has 12 heterocycles. The van der Waals surface area contributed by atoms with Crippen molar-refractivity contribution in [3.05, 3.63) is 224 Å². The Morgan fingerprint density at radius 3 is 1.10 bits per heavy atom. The van der Waals surface area contributed by atoms with Crippen LogP contribution in [0.5, 0.6) is 0 Å². The molecule has 4 amide bonds. The number of methoxy groups -OCH3 is 4. The number of hydrogen-bond acceptors (Lipinski definition) is 21. The number of benzene rings is 4. The number of carbonyl (C=O) groups is 4. The SMILES string of the molecule is COCc1cc(-c2ccc(F)c(C)c2)nn1CC(=O)N1CCc2nc(C)oc2C1.COCc1cc(-c2ccc(F)c(C)c2)nn1CC(=O)N1CCc2nc(C)sc2CC1.COCc1cc(-c2ccc(F)c(C)c2)nn1CC(=O)N1CCc2nc(N)sc2CC1.COCc1cc(-c2ccc(F)c(C)c2)nn1CC(=O)N1Cc2nc(C)sc2C1. The van der Waals surface area contributed by atoms with Crippen molar-refractivity contribution >= 4 is 62.8 Å². The number of nitrogen functional groups attached to an aromatic ring is 1. The second-order valence-electron chi connectivity index (χ2n) is 29.1. The average molecular weight is 1660 g/mol. The zero-order valence-corrected chi connectivity index (χ0v) is 69.7. The highest BCUT2D eigenvalue weighted by atomic mass is 32.1. The van der Waals surface area contributed by atoms with Crippen molar-refractivity contribution in [1.29, 1.82) is 0 Å². The number of nitrogens with zero attached hydrogens (tertiary/aromatic N) is 16. The van der Waals surface area contributed by atoms with Crippen molar-refractivity contribution < 1.29 is 60.1 Å². The molecule has 4 aromatic carbocycles. The van der Waals surface area contributed by atoms with Gasteiger partial charge in [-0.2, -0.15) is 20.4 Å². The summed E-state index contributed by atoms with van der Waals surface area (Å²) in [6, 6.07) is 27.1. The lowest BCUT2D eigenvalue weighted by Crippen LogP contribution is -2.38. The van der Waals surface area contributed by atoms with Gasteiger partial charge in [0.2, 0.25) is 23.6 Å². The van der Waals surface area contributed by atoms with Gasteiger partial charge in [-0.1, -0.05) is 0 Å². The Bertz CT molecular complexity index is 5360. The third-order valence-corrected chi connectivity index (χ3v) is 23.6. The molecule has 0 atom stereocenters. The minimum Gasteiger partial charge on any atom is -0.444 e. The smallest absolute Gasteiger partial charge is 0.244 e. The summed E-state index contributed by atoms with van der Waals surface area (Å²) in [5.74, 6) is 0.344. The van der Waals surface area contributed by atoms with E-state index in [2.05, 4.69) is 40.3 Å². The Hall–Kier alpha value is -10.9. The Balaban J connectivity index is 0.000000136. The van der Waals surface area contributed by atoms with E-state index in [1.165, 1.54) is 40.5 Å². The van der Waals surface area contributed by atoms with Gasteiger partial charge >= 0.3 is 0 Å². The van der Waals surface area contributed by atoms with Crippen LogP contribution in [0, 0.1) is 71.7 Å². The molecule has 0 saturated carbocycles. The largest absolute Gasteiger partial charge is 0.444 e. The van der Waals surface area contributed by atoms with Crippen molar-refractivity contribution in [3.8, 4) is 45.0 Å². The van der Waals surface area contributed by atoms with Gasteiger partial charge in [0.25, 0.3) is 0 Å². The van der Waals surface area contributed by atoms with E-state index >= 15 is 0 Å². The summed E-state index contributed by atoms with van der Waals surface area (Å²) in [7, 11) is 6.42. The van der Waals surface area contributed by atoms with Crippen LogP contribution < -0.4 is 5.73 Å². The fraction of sp³-hybridized carbons (Fsp3) is 0.381. The van der Waals surface area contributed by atoms with Crippen molar-refractivity contribution in [2.24, 2.45) is 0 Å². The van der Waals surface area contributed by atoms with Crippen molar-refractivity contribution in [1.82, 2.24) is 78.7 Å². The molecule has 0 fully saturated rings. The fourth-order valence-electron chi connectivity index (χ4n) is 14.4. The molecule has 0 radical (unpaired) electrons. The van der Waals surface area contributed by atoms with Gasteiger partial charge in [-0.3, -0.25) is 37.9 Å². The highest BCUT2D eigenvalue weighted by molar-refractivity contribution is 7.15. The van der Waals surface area contributed by atoms with Crippen molar-refractivity contribution in [2.45, 2.75) is 153 Å². The summed E-state index contributed by atoms with van der Waals surface area (Å²) >= 11 is 4.87. The maximum absolute atomic E-state index is 13.6. The second kappa shape index (κ2) is 37.5. The molecule has 4 aliphatic heterocycles. The van der Waals surface area contributed by atoms with Crippen LogP contribution in [-0.4, -0.2) is 163 Å². The maximum Gasteiger partial charge on any atom is 0.244 e. The molecule has 16 rings (SSSR count). The first-order valence-corrected chi connectivity index (χ1v) is 40.7. The van der Waals surface area contributed by atoms with E-state index in [-0.39, 0.29) is 73.1 Å². The number of thiazole rings is 3. The van der Waals surface area contributed by atoms with Gasteiger partial charge in [-0.25, -0.2) is 37.5 Å². The molecule has 0 saturated heterocycles. The molecule has 117 heavy (non-hydrogen) atoms. The number of oxazole rings is 1. The zero-order valence-electron chi connectivity index (χ0n) is 67.2. The normalized spacial score (nSPS) is 13.7. The van der Waals surface area contributed by atoms with Gasteiger partial charge < -0.3 is 48.7 Å². The second-order valence-corrected chi connectivity index (χ2v) is 32.8. The highest BCUT2D eigenvalue weighted by Crippen LogP contribution is 2.33. The predicted octanol–water partition coefficient (Wildman–Crippen LogP) is 12.8. The number of fused-ring (bicyclic) bond motifs is 4. The van der Waals surface area contributed by atoms with Crippen LogP contribution in [0.1, 0.15) is 104 Å². The van der Waals surface area contributed by atoms with Crippen LogP contribution in [0.15, 0.2) is 101 Å². The first kappa shape index (κ1) is 84.0. The number of aromatic nitrogens is 12. The number of rotatable bonds is 20. The van der Waals surface area contributed by atoms with E-state index in [1.807, 2.05) is 54.8 Å². The molecule has 0 bridgehead atoms. The molecular formula is C84H93F4N17O9S3. The molecule has 2 N–H and O–H groups in total. The van der Waals surface area contributed by atoms with Crippen LogP contribution >= 0.6 is 34.0 Å². The Morgan fingerprint density at radius 2 is 0.718 bits per heavy atom. The summed E-state index contributed by atoms with van der Waals surface area (Å²) in [4.78, 5) is 80.5. The lowest BCUT2D eigenvalue weighted by atomic mass is 10.1. The number of hydrogen-bond donors (Lipinski definition) is 1. The number of halogens is 4. The first-order valence-electron chi connectivity index (χ1n) is 38.3. The molecule has 4 aliphatic rings. The standard InChI is InChI=1S/C22H25FN4O2S.C21H24FN5O2S.C21H23FN4O3.C20H21FN4O2S/c1-14-10-16(4-5-18(14)23)20-11-17(13-29-3)27(25-20)12-22(28)26-8-6-19-21(7-9-26)30-15(2)24-19;1-13-9-14(3-4-16(13)22)18-10-15(12-29-2)27(25-18)11-20(28)26-7-5-17-19(6-8-26)30-21(23)24-17;1-13-8-15(4-5-17(13)22)19-9-16(12-28-3)26(24-19)11-21(27)25-7-6-18-20(10-25)29-14(2)23-18;1-12-6-14(4-5-16(12)21)17-7-15(11-27-3)25(23-17)10-20(26)24-8-18-19(9-24)28-13(2)22-18/h4-5,10-11H,6-9,12-13H2,1-3H3;3-4,9-10H,5-8,11-12H2,1-2H3,(H2,23,24);4-5,8-9H,6-7,10-12H2,1-3H3;4-7H,8-11H2,1-3H3. The summed E-state index contributed by atoms with van der Waals surface area (Å²) < 4.78 is 87.8. The molecule has 12 aromatic rings. The summed E-state index contributed by atoms with van der Waals surface area (Å²) in [6.07, 6.45) is 3.79. The highest BCUT2D eigenvalue weighted by Gasteiger charge is 2.31. The lowest BCUT2D eigenvalue weighted by Gasteiger charge is -2.25. The van der Waals surface area contributed by atoms with Crippen LogP contribution in [0.2, 0.25) is 0 Å². The lowest BCUT2D eigenvalue weighted by molar-refractivity contribution is -0.134. The fourth-order valence-corrected chi connectivity index (χ4v) is 17.2. The molecule has 0 spiro atoms. The zero-order chi connectivity index (χ0) is 82.9. The topological polar surface area (TPSA) is 280 Å². The molecule has 26 nitrogen and oxygen atoms in total. The molecule has 33 heteroatoms. The molecular weight excluding hydrogens is 1560 g/mol. The van der Waals surface area contributed by atoms with E-state index in [4.69, 9.17) is 29.1 Å². The number of ether oxygens (including phenoxy) is 4. The number of aryl methyl sites for hydroxylation is 7. The number of carbonyl (C=O) groups excluding carboxylic acids is 4. The number of anilines is 1. The Labute approximate surface area is 686 Å². The van der Waals surface area contributed by atoms with E-state index in [0.29, 0.717) is 148 Å². The van der Waals surface area contributed by atoms with Crippen LogP contribution in [-0.2, 0) is 142 Å². The monoisotopic (exact) mass is 1660 g/mol. The molecule has 614 valence electrons. The van der Waals surface area contributed by atoms with Gasteiger partial charge in [0.05, 0.1) is 124 Å². The van der Waals surface area contributed by atoms with Gasteiger partial charge in [0.15, 0.2) is 11.0 Å². The van der Waals surface area contributed by atoms with E-state index in [0.717, 1.165) is 113 Å². The minimum atomic E-state index is -0.257. The van der Waals surface area contributed by atoms with E-state index in [1.54, 1.807) is 156 Å². The van der Waals surface area contributed by atoms with Gasteiger partial charge in [0, 0.05) is 137 Å². The summed E-state index contributed by atoms with van der Waals surface area (Å²) in [6.45, 7) is 19.3. The maximum atomic E-state index is 13.6. The van der Waals surface area contributed by atoms with Crippen LogP contribution in [0.4, 0.5) is 22.7 Å². The Morgan fingerprint density at radius 1 is 0.385 bits per heavy atom. The predicted molar refractivity (Wildman–Crippen MR) is 435 cm³/mol. The molecule has 0 unspecified atom stereocenters. The number of amides is 4.